The van der Waals surface area contributed by atoms with Gasteiger partial charge in [-0.15, -0.1) is 0 Å². The van der Waals surface area contributed by atoms with E-state index in [9.17, 15) is 13.2 Å². The van der Waals surface area contributed by atoms with Crippen molar-refractivity contribution in [2.24, 2.45) is 0 Å². The minimum absolute atomic E-state index is 0.166. The van der Waals surface area contributed by atoms with E-state index >= 15 is 0 Å². The number of anilines is 1. The van der Waals surface area contributed by atoms with Crippen LogP contribution in [0.2, 0.25) is 10.0 Å². The molecule has 1 aromatic carbocycles. The average Bonchev–Trinajstić information content (AvgIpc) is 2.92. The quantitative estimate of drug-likeness (QED) is 0.827. The van der Waals surface area contributed by atoms with Gasteiger partial charge in [-0.1, -0.05) is 29.3 Å². The Morgan fingerprint density at radius 2 is 1.79 bits per heavy atom. The lowest BCUT2D eigenvalue weighted by atomic mass is 10.1. The van der Waals surface area contributed by atoms with Gasteiger partial charge in [-0.2, -0.15) is 0 Å². The molecule has 0 aliphatic heterocycles. The standard InChI is InChI=1S/C15H16Cl2N2O4S/c1-15(2,3)19-24(21,22)12-8-7-11(23-12)14(20)18-10-6-4-5-9(16)13(10)17/h4-8,19H,1-3H3,(H,18,20). The number of carbonyl (C=O) groups is 1. The fraction of sp³-hybridized carbons (Fsp3) is 0.267. The van der Waals surface area contributed by atoms with Crippen molar-refractivity contribution in [3.63, 3.8) is 0 Å². The van der Waals surface area contributed by atoms with Gasteiger partial charge in [0, 0.05) is 5.54 Å². The number of furan rings is 1. The molecule has 1 amide bonds. The van der Waals surface area contributed by atoms with E-state index in [2.05, 4.69) is 10.0 Å². The van der Waals surface area contributed by atoms with Crippen LogP contribution in [0, 0.1) is 0 Å². The van der Waals surface area contributed by atoms with Crippen LogP contribution in [-0.4, -0.2) is 19.9 Å². The normalized spacial score (nSPS) is 12.2. The molecule has 0 aliphatic rings. The predicted molar refractivity (Wildman–Crippen MR) is 93.2 cm³/mol. The van der Waals surface area contributed by atoms with Crippen LogP contribution in [0.4, 0.5) is 5.69 Å². The lowest BCUT2D eigenvalue weighted by Gasteiger charge is -2.18. The van der Waals surface area contributed by atoms with Crippen molar-refractivity contribution in [1.29, 1.82) is 0 Å². The lowest BCUT2D eigenvalue weighted by Crippen LogP contribution is -2.40. The van der Waals surface area contributed by atoms with E-state index in [1.165, 1.54) is 12.1 Å². The summed E-state index contributed by atoms with van der Waals surface area (Å²) in [5.74, 6) is -0.809. The zero-order valence-corrected chi connectivity index (χ0v) is 15.5. The second-order valence-corrected chi connectivity index (χ2v) is 8.43. The SMILES string of the molecule is CC(C)(C)NS(=O)(=O)c1ccc(C(=O)Nc2cccc(Cl)c2Cl)o1. The maximum atomic E-state index is 12.2. The van der Waals surface area contributed by atoms with E-state index in [-0.39, 0.29) is 20.9 Å². The van der Waals surface area contributed by atoms with E-state index in [0.29, 0.717) is 5.69 Å². The molecule has 2 N–H and O–H groups in total. The highest BCUT2D eigenvalue weighted by Gasteiger charge is 2.26. The summed E-state index contributed by atoms with van der Waals surface area (Å²) in [5, 5.41) is 2.63. The maximum absolute atomic E-state index is 12.2. The third kappa shape index (κ3) is 4.51. The molecule has 130 valence electrons. The first-order chi connectivity index (χ1) is 11.0. The van der Waals surface area contributed by atoms with Gasteiger partial charge in [-0.05, 0) is 45.0 Å². The van der Waals surface area contributed by atoms with Gasteiger partial charge in [-0.25, -0.2) is 13.1 Å². The second kappa shape index (κ2) is 6.76. The first-order valence-electron chi connectivity index (χ1n) is 6.89. The molecule has 6 nitrogen and oxygen atoms in total. The van der Waals surface area contributed by atoms with Crippen LogP contribution < -0.4 is 10.0 Å². The Morgan fingerprint density at radius 1 is 1.12 bits per heavy atom. The zero-order valence-electron chi connectivity index (χ0n) is 13.2. The van der Waals surface area contributed by atoms with Crippen LogP contribution in [0.25, 0.3) is 0 Å². The minimum atomic E-state index is -3.86. The number of rotatable bonds is 4. The van der Waals surface area contributed by atoms with Gasteiger partial charge in [-0.3, -0.25) is 4.79 Å². The van der Waals surface area contributed by atoms with Crippen molar-refractivity contribution in [2.45, 2.75) is 31.4 Å². The Hall–Kier alpha value is -1.54. The van der Waals surface area contributed by atoms with E-state index in [0.717, 1.165) is 0 Å². The van der Waals surface area contributed by atoms with Crippen molar-refractivity contribution in [2.75, 3.05) is 5.32 Å². The predicted octanol–water partition coefficient (Wildman–Crippen LogP) is 3.92. The molecule has 24 heavy (non-hydrogen) atoms. The van der Waals surface area contributed by atoms with Crippen molar-refractivity contribution >= 4 is 44.8 Å². The molecular formula is C15H16Cl2N2O4S. The van der Waals surface area contributed by atoms with E-state index < -0.39 is 21.5 Å². The number of nitrogens with one attached hydrogen (secondary N) is 2. The summed E-state index contributed by atoms with van der Waals surface area (Å²) in [7, 11) is -3.86. The van der Waals surface area contributed by atoms with Crippen molar-refractivity contribution in [3.8, 4) is 0 Å². The monoisotopic (exact) mass is 390 g/mol. The van der Waals surface area contributed by atoms with Crippen LogP contribution in [0.15, 0.2) is 39.8 Å². The lowest BCUT2D eigenvalue weighted by molar-refractivity contribution is 0.0991. The molecule has 0 aliphatic carbocycles. The summed E-state index contributed by atoms with van der Waals surface area (Å²) in [6.45, 7) is 5.09. The molecule has 0 radical (unpaired) electrons. The summed E-state index contributed by atoms with van der Waals surface area (Å²) in [6.07, 6.45) is 0. The molecular weight excluding hydrogens is 375 g/mol. The van der Waals surface area contributed by atoms with E-state index in [1.54, 1.807) is 39.0 Å². The third-order valence-corrected chi connectivity index (χ3v) is 5.16. The van der Waals surface area contributed by atoms with Crippen LogP contribution in [0.3, 0.4) is 0 Å². The number of benzene rings is 1. The fourth-order valence-corrected chi connectivity index (χ4v) is 3.53. The van der Waals surface area contributed by atoms with E-state index in [4.69, 9.17) is 27.6 Å². The molecule has 2 aromatic rings. The van der Waals surface area contributed by atoms with Gasteiger partial charge in [0.15, 0.2) is 5.76 Å². The molecule has 2 rings (SSSR count). The Bertz CT molecular complexity index is 870. The minimum Gasteiger partial charge on any atom is -0.438 e. The fourth-order valence-electron chi connectivity index (χ4n) is 1.82. The summed E-state index contributed by atoms with van der Waals surface area (Å²) in [5.41, 5.74) is -0.384. The van der Waals surface area contributed by atoms with Crippen molar-refractivity contribution in [3.05, 3.63) is 46.1 Å². The second-order valence-electron chi connectivity index (χ2n) is 6.03. The van der Waals surface area contributed by atoms with Gasteiger partial charge in [0.1, 0.15) is 0 Å². The molecule has 0 atom stereocenters. The Balaban J connectivity index is 2.21. The van der Waals surface area contributed by atoms with E-state index in [1.807, 2.05) is 0 Å². The molecule has 0 fully saturated rings. The number of amides is 1. The molecule has 0 spiro atoms. The van der Waals surface area contributed by atoms with Crippen LogP contribution >= 0.6 is 23.2 Å². The Labute approximate surface area is 150 Å². The highest BCUT2D eigenvalue weighted by molar-refractivity contribution is 7.89. The number of halogens is 2. The van der Waals surface area contributed by atoms with Gasteiger partial charge >= 0.3 is 0 Å². The number of carbonyl (C=O) groups excluding carboxylic acids is 1. The summed E-state index contributed by atoms with van der Waals surface area (Å²) in [4.78, 5) is 12.2. The van der Waals surface area contributed by atoms with Gasteiger partial charge in [0.2, 0.25) is 5.09 Å². The number of sulfonamides is 1. The number of hydrogen-bond acceptors (Lipinski definition) is 4. The molecule has 0 unspecified atom stereocenters. The van der Waals surface area contributed by atoms with Crippen molar-refractivity contribution in [1.82, 2.24) is 4.72 Å². The number of hydrogen-bond donors (Lipinski definition) is 2. The molecule has 1 aromatic heterocycles. The highest BCUT2D eigenvalue weighted by atomic mass is 35.5. The molecule has 0 bridgehead atoms. The van der Waals surface area contributed by atoms with Gasteiger partial charge < -0.3 is 9.73 Å². The molecule has 1 heterocycles. The van der Waals surface area contributed by atoms with Gasteiger partial charge in [0.25, 0.3) is 15.9 Å². The third-order valence-electron chi connectivity index (χ3n) is 2.71. The van der Waals surface area contributed by atoms with Crippen molar-refractivity contribution < 1.29 is 17.6 Å². The molecule has 0 saturated carbocycles. The first-order valence-corrected chi connectivity index (χ1v) is 9.13. The molecule has 0 saturated heterocycles. The Kier molecular flexibility index (Phi) is 5.29. The van der Waals surface area contributed by atoms with Gasteiger partial charge in [0.05, 0.1) is 15.7 Å². The first kappa shape index (κ1) is 18.8. The summed E-state index contributed by atoms with van der Waals surface area (Å²) >= 11 is 11.9. The van der Waals surface area contributed by atoms with Crippen LogP contribution in [0.1, 0.15) is 31.3 Å². The average molecular weight is 391 g/mol. The zero-order chi connectivity index (χ0) is 18.1. The smallest absolute Gasteiger partial charge is 0.291 e. The summed E-state index contributed by atoms with van der Waals surface area (Å²) < 4.78 is 31.9. The van der Waals surface area contributed by atoms with Crippen LogP contribution in [0.5, 0.6) is 0 Å². The summed E-state index contributed by atoms with van der Waals surface area (Å²) in [6, 6.07) is 7.24. The topological polar surface area (TPSA) is 88.4 Å². The molecule has 9 heteroatoms. The highest BCUT2D eigenvalue weighted by Crippen LogP contribution is 2.30. The Morgan fingerprint density at radius 3 is 2.42 bits per heavy atom. The maximum Gasteiger partial charge on any atom is 0.291 e. The van der Waals surface area contributed by atoms with Crippen LogP contribution in [-0.2, 0) is 10.0 Å². The largest absolute Gasteiger partial charge is 0.438 e.